The molecule has 0 aromatic heterocycles. The molecule has 166 valence electrons. The highest BCUT2D eigenvalue weighted by molar-refractivity contribution is 8.13. The number of hydrogen-bond acceptors (Lipinski definition) is 5. The summed E-state index contributed by atoms with van der Waals surface area (Å²) in [7, 11) is 0. The van der Waals surface area contributed by atoms with Gasteiger partial charge in [-0.15, -0.1) is 0 Å². The maximum Gasteiger partial charge on any atom is 0.223 e. The second-order valence-corrected chi connectivity index (χ2v) is 10.7. The number of carbonyl (C=O) groups excluding carboxylic acids is 2. The molecule has 4 aliphatic carbocycles. The lowest BCUT2D eigenvalue weighted by atomic mass is 9.45. The first-order chi connectivity index (χ1) is 13.9. The van der Waals surface area contributed by atoms with E-state index in [0.717, 1.165) is 0 Å². The van der Waals surface area contributed by atoms with Gasteiger partial charge in [0.2, 0.25) is 5.12 Å². The molecule has 0 spiro atoms. The van der Waals surface area contributed by atoms with Crippen LogP contribution in [0, 0.1) is 28.6 Å². The maximum absolute atomic E-state index is 16.9. The van der Waals surface area contributed by atoms with E-state index < -0.39 is 62.9 Å². The molecule has 0 bridgehead atoms. The fourth-order valence-corrected chi connectivity index (χ4v) is 7.86. The highest BCUT2D eigenvalue weighted by Crippen LogP contribution is 2.71. The molecule has 2 saturated carbocycles. The Labute approximate surface area is 178 Å². The van der Waals surface area contributed by atoms with Crippen molar-refractivity contribution < 1.29 is 33.0 Å². The van der Waals surface area contributed by atoms with Crippen LogP contribution in [0.2, 0.25) is 0 Å². The van der Waals surface area contributed by atoms with Crippen molar-refractivity contribution >= 4 is 22.7 Å². The summed E-state index contributed by atoms with van der Waals surface area (Å²) in [6.45, 7) is 4.80. The van der Waals surface area contributed by atoms with Crippen LogP contribution in [0.4, 0.5) is 13.2 Å². The van der Waals surface area contributed by atoms with E-state index in [-0.39, 0.29) is 37.0 Å². The molecule has 2 fully saturated rings. The van der Waals surface area contributed by atoms with Crippen molar-refractivity contribution in [1.82, 2.24) is 0 Å². The van der Waals surface area contributed by atoms with Crippen LogP contribution in [-0.2, 0) is 9.59 Å². The average Bonchev–Trinajstić information content (AvgIpc) is 2.88. The van der Waals surface area contributed by atoms with Crippen LogP contribution in [0.3, 0.4) is 0 Å². The highest BCUT2D eigenvalue weighted by Gasteiger charge is 2.76. The number of ketones is 1. The van der Waals surface area contributed by atoms with E-state index in [2.05, 4.69) is 0 Å². The summed E-state index contributed by atoms with van der Waals surface area (Å²) in [6.07, 6.45) is 0.545. The number of allylic oxidation sites excluding steroid dienone is 4. The molecular weight excluding hydrogens is 417 g/mol. The van der Waals surface area contributed by atoms with Gasteiger partial charge in [0, 0.05) is 29.6 Å². The first-order valence-corrected chi connectivity index (χ1v) is 11.3. The van der Waals surface area contributed by atoms with Crippen molar-refractivity contribution in [2.75, 3.05) is 6.01 Å². The second kappa shape index (κ2) is 6.69. The van der Waals surface area contributed by atoms with E-state index in [9.17, 15) is 24.2 Å². The molecule has 0 saturated heterocycles. The monoisotopic (exact) mass is 444 g/mol. The van der Waals surface area contributed by atoms with Crippen LogP contribution < -0.4 is 0 Å². The zero-order valence-corrected chi connectivity index (χ0v) is 18.1. The van der Waals surface area contributed by atoms with Crippen LogP contribution in [-0.4, -0.2) is 44.5 Å². The van der Waals surface area contributed by atoms with E-state index in [0.29, 0.717) is 11.8 Å². The van der Waals surface area contributed by atoms with Gasteiger partial charge in [-0.2, -0.15) is 0 Å². The van der Waals surface area contributed by atoms with Gasteiger partial charge in [-0.3, -0.25) is 9.59 Å². The third kappa shape index (κ3) is 2.39. The van der Waals surface area contributed by atoms with Gasteiger partial charge in [0.15, 0.2) is 11.5 Å². The molecular formula is C22H27F3O4S. The molecule has 0 aliphatic heterocycles. The summed E-state index contributed by atoms with van der Waals surface area (Å²) in [5.74, 6) is -3.05. The van der Waals surface area contributed by atoms with Gasteiger partial charge in [-0.05, 0) is 43.3 Å². The topological polar surface area (TPSA) is 74.6 Å². The van der Waals surface area contributed by atoms with Crippen molar-refractivity contribution in [1.29, 1.82) is 0 Å². The Bertz CT molecular complexity index is 874. The second-order valence-electron chi connectivity index (χ2n) is 9.83. The smallest absolute Gasteiger partial charge is 0.223 e. The van der Waals surface area contributed by atoms with Gasteiger partial charge in [-0.25, -0.2) is 13.2 Å². The highest BCUT2D eigenvalue weighted by atomic mass is 32.2. The first-order valence-electron chi connectivity index (χ1n) is 10.3. The molecule has 0 unspecified atom stereocenters. The largest absolute Gasteiger partial charge is 0.390 e. The number of carbonyl (C=O) groups is 2. The summed E-state index contributed by atoms with van der Waals surface area (Å²) in [6, 6.07) is -0.995. The van der Waals surface area contributed by atoms with Gasteiger partial charge < -0.3 is 10.2 Å². The number of hydrogen-bond donors (Lipinski definition) is 2. The van der Waals surface area contributed by atoms with Gasteiger partial charge in [0.1, 0.15) is 17.4 Å². The molecule has 0 aromatic carbocycles. The molecule has 0 amide bonds. The number of aliphatic hydroxyl groups excluding tert-OH is 1. The minimum Gasteiger partial charge on any atom is -0.390 e. The van der Waals surface area contributed by atoms with Crippen LogP contribution in [0.5, 0.6) is 0 Å². The standard InChI is InChI=1S/C22H27F3O4S/c1-11-6-13-14-8-16(24)15-7-12(26)4-5-19(15,2)21(14,25)17(27)9-20(13,3)22(11,29)18(28)30-10-23/h4-5,11,13-14,17,27,29H,6-10H2,1-3H3/t11-,13+,14+,17+,19+,20+,21+,22+/m1/s1. The Balaban J connectivity index is 1.86. The Morgan fingerprint density at radius 2 is 2.00 bits per heavy atom. The normalized spacial score (nSPS) is 50.2. The van der Waals surface area contributed by atoms with Crippen molar-refractivity contribution in [2.24, 2.45) is 28.6 Å². The first kappa shape index (κ1) is 22.1. The molecule has 0 radical (unpaired) electrons. The number of halogens is 3. The lowest BCUT2D eigenvalue weighted by Gasteiger charge is -2.62. The minimum atomic E-state index is -2.25. The van der Waals surface area contributed by atoms with Crippen molar-refractivity contribution in [3.63, 3.8) is 0 Å². The van der Waals surface area contributed by atoms with Crippen LogP contribution in [0.1, 0.15) is 46.5 Å². The zero-order valence-electron chi connectivity index (χ0n) is 17.3. The fraction of sp³-hybridized carbons (Fsp3) is 0.727. The predicted octanol–water partition coefficient (Wildman–Crippen LogP) is 3.82. The number of thioether (sulfide) groups is 1. The average molecular weight is 445 g/mol. The van der Waals surface area contributed by atoms with Crippen molar-refractivity contribution in [3.8, 4) is 0 Å². The number of rotatable bonds is 2. The summed E-state index contributed by atoms with van der Waals surface area (Å²) in [4.78, 5) is 24.6. The quantitative estimate of drug-likeness (QED) is 0.677. The SMILES string of the molecule is C[C@@H]1C[C@H]2[C@@H]3CC(F)=C4CC(=O)C=C[C@]4(C)[C@@]3(F)[C@@H](O)C[C@]2(C)[C@@]1(O)C(=O)SCF. The van der Waals surface area contributed by atoms with E-state index in [1.807, 2.05) is 0 Å². The van der Waals surface area contributed by atoms with Crippen molar-refractivity contribution in [3.05, 3.63) is 23.6 Å². The van der Waals surface area contributed by atoms with E-state index >= 15 is 8.78 Å². The van der Waals surface area contributed by atoms with Gasteiger partial charge in [0.25, 0.3) is 0 Å². The van der Waals surface area contributed by atoms with Crippen molar-refractivity contribution in [2.45, 2.75) is 63.8 Å². The molecule has 4 nitrogen and oxygen atoms in total. The Morgan fingerprint density at radius 1 is 1.33 bits per heavy atom. The molecule has 8 heteroatoms. The molecule has 8 atom stereocenters. The van der Waals surface area contributed by atoms with Crippen LogP contribution in [0.15, 0.2) is 23.6 Å². The van der Waals surface area contributed by atoms with E-state index in [1.165, 1.54) is 19.1 Å². The van der Waals surface area contributed by atoms with E-state index in [4.69, 9.17) is 0 Å². The zero-order chi connectivity index (χ0) is 22.3. The van der Waals surface area contributed by atoms with Gasteiger partial charge in [0.05, 0.1) is 6.10 Å². The maximum atomic E-state index is 16.9. The molecule has 30 heavy (non-hydrogen) atoms. The Morgan fingerprint density at radius 3 is 2.63 bits per heavy atom. The van der Waals surface area contributed by atoms with Gasteiger partial charge >= 0.3 is 0 Å². The summed E-state index contributed by atoms with van der Waals surface area (Å²) in [5, 5.41) is 21.9. The lowest BCUT2D eigenvalue weighted by Crippen LogP contribution is -2.69. The number of alkyl halides is 2. The predicted molar refractivity (Wildman–Crippen MR) is 106 cm³/mol. The molecule has 4 aliphatic rings. The minimum absolute atomic E-state index is 0.0711. The van der Waals surface area contributed by atoms with E-state index in [1.54, 1.807) is 13.8 Å². The fourth-order valence-electron chi connectivity index (χ4n) is 7.11. The third-order valence-electron chi connectivity index (χ3n) is 8.74. The summed E-state index contributed by atoms with van der Waals surface area (Å²) >= 11 is 0.370. The Hall–Kier alpha value is -1.12. The lowest BCUT2D eigenvalue weighted by molar-refractivity contribution is -0.213. The van der Waals surface area contributed by atoms with Crippen LogP contribution >= 0.6 is 11.8 Å². The van der Waals surface area contributed by atoms with Gasteiger partial charge in [-0.1, -0.05) is 31.7 Å². The van der Waals surface area contributed by atoms with Crippen LogP contribution in [0.25, 0.3) is 0 Å². The molecule has 2 N–H and O–H groups in total. The molecule has 0 aromatic rings. The third-order valence-corrected chi connectivity index (χ3v) is 9.42. The number of aliphatic hydroxyl groups is 2. The Kier molecular flexibility index (Phi) is 4.92. The summed E-state index contributed by atoms with van der Waals surface area (Å²) in [5.41, 5.74) is -6.84. The molecule has 0 heterocycles. The summed E-state index contributed by atoms with van der Waals surface area (Å²) < 4.78 is 45.0. The molecule has 4 rings (SSSR count). The number of fused-ring (bicyclic) bond motifs is 5.